The number of benzene rings is 1. The van der Waals surface area contributed by atoms with Crippen molar-refractivity contribution in [3.63, 3.8) is 0 Å². The van der Waals surface area contributed by atoms with Gasteiger partial charge in [0.1, 0.15) is 11.5 Å². The first-order valence-corrected chi connectivity index (χ1v) is 7.93. The van der Waals surface area contributed by atoms with Crippen LogP contribution in [-0.4, -0.2) is 43.3 Å². The second-order valence-corrected chi connectivity index (χ2v) is 6.20. The summed E-state index contributed by atoms with van der Waals surface area (Å²) in [7, 11) is 1.63. The lowest BCUT2D eigenvalue weighted by atomic mass is 9.95. The molecule has 0 aromatic heterocycles. The molecule has 1 aliphatic heterocycles. The number of rotatable bonds is 6. The number of hydrogen-bond donors (Lipinski definition) is 2. The van der Waals surface area contributed by atoms with Gasteiger partial charge in [0.15, 0.2) is 0 Å². The summed E-state index contributed by atoms with van der Waals surface area (Å²) in [5.74, 6) is 1.73. The third kappa shape index (κ3) is 6.38. The monoisotopic (exact) mass is 364 g/mol. The molecule has 4 nitrogen and oxygen atoms in total. The van der Waals surface area contributed by atoms with Crippen LogP contribution in [0.2, 0.25) is 0 Å². The number of halogens is 2. The second kappa shape index (κ2) is 11.0. The van der Waals surface area contributed by atoms with Gasteiger partial charge in [0, 0.05) is 43.9 Å². The highest BCUT2D eigenvalue weighted by molar-refractivity contribution is 5.85. The Kier molecular flexibility index (Phi) is 10.7. The van der Waals surface area contributed by atoms with Gasteiger partial charge in [0.25, 0.3) is 0 Å². The summed E-state index contributed by atoms with van der Waals surface area (Å²) in [4.78, 5) is 2.49. The summed E-state index contributed by atoms with van der Waals surface area (Å²) in [5, 5.41) is 13.8. The topological polar surface area (TPSA) is 44.7 Å². The number of ether oxygens (including phenoxy) is 1. The van der Waals surface area contributed by atoms with E-state index in [2.05, 4.69) is 24.1 Å². The standard InChI is InChI=1S/C17H28N2O2.2ClH/c1-13(2)4-7-16(19-10-8-18-9-11-19)15-6-5-14(21-3)12-17(15)20;;/h5-6,12-13,16,18,20H,4,7-11H2,1-3H3;2*1H/t16-;;/m0../s1. The van der Waals surface area contributed by atoms with Crippen molar-refractivity contribution in [2.75, 3.05) is 33.3 Å². The number of nitrogens with zero attached hydrogens (tertiary/aromatic N) is 1. The van der Waals surface area contributed by atoms with E-state index in [-0.39, 0.29) is 24.8 Å². The molecule has 1 aromatic rings. The van der Waals surface area contributed by atoms with Crippen molar-refractivity contribution >= 4 is 24.8 Å². The largest absolute Gasteiger partial charge is 0.507 e. The summed E-state index contributed by atoms with van der Waals surface area (Å²) in [5.41, 5.74) is 1.03. The van der Waals surface area contributed by atoms with E-state index in [0.29, 0.717) is 23.5 Å². The molecule has 0 amide bonds. The van der Waals surface area contributed by atoms with Crippen LogP contribution in [0.25, 0.3) is 0 Å². The molecule has 6 heteroatoms. The van der Waals surface area contributed by atoms with Crippen molar-refractivity contribution in [3.8, 4) is 11.5 Å². The Balaban J connectivity index is 0.00000242. The minimum absolute atomic E-state index is 0. The number of nitrogens with one attached hydrogen (secondary N) is 1. The lowest BCUT2D eigenvalue weighted by molar-refractivity contribution is 0.157. The first-order chi connectivity index (χ1) is 10.1. The van der Waals surface area contributed by atoms with Crippen LogP contribution in [0.4, 0.5) is 0 Å². The van der Waals surface area contributed by atoms with E-state index in [1.807, 2.05) is 12.1 Å². The molecule has 0 bridgehead atoms. The third-order valence-electron chi connectivity index (χ3n) is 4.21. The molecule has 0 radical (unpaired) electrons. The number of phenolic OH excluding ortho intramolecular Hbond substituents is 1. The van der Waals surface area contributed by atoms with E-state index in [1.54, 1.807) is 13.2 Å². The molecule has 0 saturated carbocycles. The molecule has 0 unspecified atom stereocenters. The van der Waals surface area contributed by atoms with E-state index in [1.165, 1.54) is 6.42 Å². The van der Waals surface area contributed by atoms with Crippen LogP contribution in [-0.2, 0) is 0 Å². The first kappa shape index (κ1) is 22.3. The van der Waals surface area contributed by atoms with Crippen LogP contribution < -0.4 is 10.1 Å². The Morgan fingerprint density at radius 2 is 1.83 bits per heavy atom. The molecule has 1 aliphatic rings. The average Bonchev–Trinajstić information content (AvgIpc) is 2.49. The summed E-state index contributed by atoms with van der Waals surface area (Å²) >= 11 is 0. The lowest BCUT2D eigenvalue weighted by Crippen LogP contribution is -2.45. The minimum Gasteiger partial charge on any atom is -0.507 e. The zero-order chi connectivity index (χ0) is 15.2. The molecule has 0 spiro atoms. The van der Waals surface area contributed by atoms with Crippen LogP contribution in [0.3, 0.4) is 0 Å². The predicted molar refractivity (Wildman–Crippen MR) is 100 cm³/mol. The van der Waals surface area contributed by atoms with Crippen molar-refractivity contribution < 1.29 is 9.84 Å². The predicted octanol–water partition coefficient (Wildman–Crippen LogP) is 3.63. The smallest absolute Gasteiger partial charge is 0.124 e. The summed E-state index contributed by atoms with van der Waals surface area (Å²) in [6.45, 7) is 8.62. The summed E-state index contributed by atoms with van der Waals surface area (Å²) < 4.78 is 5.19. The minimum atomic E-state index is 0. The van der Waals surface area contributed by atoms with Crippen LogP contribution in [0.1, 0.15) is 38.3 Å². The van der Waals surface area contributed by atoms with Crippen LogP contribution >= 0.6 is 24.8 Å². The zero-order valence-corrected chi connectivity index (χ0v) is 15.9. The van der Waals surface area contributed by atoms with Gasteiger partial charge in [0.2, 0.25) is 0 Å². The van der Waals surface area contributed by atoms with Crippen LogP contribution in [0, 0.1) is 5.92 Å². The summed E-state index contributed by atoms with van der Waals surface area (Å²) in [6, 6.07) is 5.97. The highest BCUT2D eigenvalue weighted by atomic mass is 35.5. The number of phenols is 1. The number of piperazine rings is 1. The van der Waals surface area contributed by atoms with Gasteiger partial charge in [-0.3, -0.25) is 4.90 Å². The maximum atomic E-state index is 10.4. The van der Waals surface area contributed by atoms with Gasteiger partial charge < -0.3 is 15.2 Å². The third-order valence-corrected chi connectivity index (χ3v) is 4.21. The molecule has 2 N–H and O–H groups in total. The molecular formula is C17H30Cl2N2O2. The van der Waals surface area contributed by atoms with Crippen molar-refractivity contribution in [1.82, 2.24) is 10.2 Å². The van der Waals surface area contributed by atoms with Gasteiger partial charge in [-0.15, -0.1) is 24.8 Å². The van der Waals surface area contributed by atoms with E-state index in [0.717, 1.165) is 38.2 Å². The number of hydrogen-bond acceptors (Lipinski definition) is 4. The SMILES string of the molecule is COc1ccc([C@H](CCC(C)C)N2CCNCC2)c(O)c1.Cl.Cl. The average molecular weight is 365 g/mol. The lowest BCUT2D eigenvalue weighted by Gasteiger charge is -2.36. The molecule has 1 heterocycles. The first-order valence-electron chi connectivity index (χ1n) is 7.93. The maximum absolute atomic E-state index is 10.4. The Bertz CT molecular complexity index is 452. The second-order valence-electron chi connectivity index (χ2n) is 6.20. The van der Waals surface area contributed by atoms with Gasteiger partial charge in [-0.05, 0) is 24.8 Å². The molecule has 1 fully saturated rings. The van der Waals surface area contributed by atoms with E-state index in [9.17, 15) is 5.11 Å². The van der Waals surface area contributed by atoms with Crippen molar-refractivity contribution in [2.45, 2.75) is 32.7 Å². The normalized spacial score (nSPS) is 16.3. The highest BCUT2D eigenvalue weighted by Crippen LogP contribution is 2.35. The van der Waals surface area contributed by atoms with Gasteiger partial charge in [0.05, 0.1) is 7.11 Å². The quantitative estimate of drug-likeness (QED) is 0.808. The Hall–Kier alpha value is -0.680. The number of methoxy groups -OCH3 is 1. The molecule has 0 aliphatic carbocycles. The molecule has 2 rings (SSSR count). The van der Waals surface area contributed by atoms with Crippen molar-refractivity contribution in [3.05, 3.63) is 23.8 Å². The highest BCUT2D eigenvalue weighted by Gasteiger charge is 2.24. The molecule has 23 heavy (non-hydrogen) atoms. The van der Waals surface area contributed by atoms with Gasteiger partial charge >= 0.3 is 0 Å². The van der Waals surface area contributed by atoms with Crippen molar-refractivity contribution in [2.24, 2.45) is 5.92 Å². The number of aromatic hydroxyl groups is 1. The van der Waals surface area contributed by atoms with Crippen LogP contribution in [0.5, 0.6) is 11.5 Å². The van der Waals surface area contributed by atoms with Gasteiger partial charge in [-0.25, -0.2) is 0 Å². The fourth-order valence-corrected chi connectivity index (χ4v) is 2.95. The Morgan fingerprint density at radius 1 is 1.17 bits per heavy atom. The molecule has 1 atom stereocenters. The van der Waals surface area contributed by atoms with Crippen molar-refractivity contribution in [1.29, 1.82) is 0 Å². The molecule has 1 saturated heterocycles. The van der Waals surface area contributed by atoms with Crippen LogP contribution in [0.15, 0.2) is 18.2 Å². The Labute approximate surface area is 152 Å². The maximum Gasteiger partial charge on any atom is 0.124 e. The Morgan fingerprint density at radius 3 is 2.35 bits per heavy atom. The van der Waals surface area contributed by atoms with Gasteiger partial charge in [-0.1, -0.05) is 19.9 Å². The van der Waals surface area contributed by atoms with E-state index >= 15 is 0 Å². The fourth-order valence-electron chi connectivity index (χ4n) is 2.95. The zero-order valence-electron chi connectivity index (χ0n) is 14.2. The fraction of sp³-hybridized carbons (Fsp3) is 0.647. The molecular weight excluding hydrogens is 335 g/mol. The van der Waals surface area contributed by atoms with E-state index in [4.69, 9.17) is 4.74 Å². The molecule has 1 aromatic carbocycles. The molecule has 134 valence electrons. The van der Waals surface area contributed by atoms with E-state index < -0.39 is 0 Å². The van der Waals surface area contributed by atoms with Gasteiger partial charge in [-0.2, -0.15) is 0 Å². The summed E-state index contributed by atoms with van der Waals surface area (Å²) in [6.07, 6.45) is 2.25.